The van der Waals surface area contributed by atoms with Crippen LogP contribution in [0.3, 0.4) is 0 Å². The molecule has 0 aliphatic carbocycles. The second-order valence-corrected chi connectivity index (χ2v) is 6.66. The predicted molar refractivity (Wildman–Crippen MR) is 85.8 cm³/mol. The molecule has 1 unspecified atom stereocenters. The van der Waals surface area contributed by atoms with E-state index in [0.717, 1.165) is 36.8 Å². The minimum Gasteiger partial charge on any atom is -0.493 e. The summed E-state index contributed by atoms with van der Waals surface area (Å²) in [6.07, 6.45) is 3.88. The molecule has 0 fully saturated rings. The van der Waals surface area contributed by atoms with E-state index in [1.807, 2.05) is 18.2 Å². The highest BCUT2D eigenvalue weighted by atomic mass is 35.5. The molecule has 110 valence electrons. The summed E-state index contributed by atoms with van der Waals surface area (Å²) in [5, 5.41) is 4.29. The Morgan fingerprint density at radius 2 is 2.25 bits per heavy atom. The van der Waals surface area contributed by atoms with Crippen LogP contribution in [0.5, 0.6) is 5.75 Å². The van der Waals surface area contributed by atoms with Gasteiger partial charge < -0.3 is 10.1 Å². The lowest BCUT2D eigenvalue weighted by Crippen LogP contribution is -2.35. The molecular weight excluding hydrogens is 270 g/mol. The molecule has 2 rings (SSSR count). The van der Waals surface area contributed by atoms with Crippen LogP contribution in [0.1, 0.15) is 31.9 Å². The Hall–Kier alpha value is -0.990. The molecule has 20 heavy (non-hydrogen) atoms. The highest BCUT2D eigenvalue weighted by molar-refractivity contribution is 6.30. The van der Waals surface area contributed by atoms with Crippen molar-refractivity contribution in [2.75, 3.05) is 13.2 Å². The largest absolute Gasteiger partial charge is 0.493 e. The van der Waals surface area contributed by atoms with Crippen LogP contribution in [0, 0.1) is 5.41 Å². The third-order valence-electron chi connectivity index (χ3n) is 3.83. The molecule has 1 atom stereocenters. The molecule has 1 N–H and O–H groups in total. The first-order chi connectivity index (χ1) is 9.43. The minimum atomic E-state index is -0.00529. The molecule has 1 aromatic carbocycles. The van der Waals surface area contributed by atoms with Crippen molar-refractivity contribution in [1.29, 1.82) is 0 Å². The molecule has 0 bridgehead atoms. The van der Waals surface area contributed by atoms with E-state index in [2.05, 4.69) is 32.7 Å². The third-order valence-corrected chi connectivity index (χ3v) is 4.04. The lowest BCUT2D eigenvalue weighted by molar-refractivity contribution is 0.338. The number of ether oxygens (including phenoxy) is 1. The monoisotopic (exact) mass is 293 g/mol. The van der Waals surface area contributed by atoms with Gasteiger partial charge in [-0.2, -0.15) is 0 Å². The predicted octanol–water partition coefficient (Wildman–Crippen LogP) is 4.01. The number of hydrogen-bond donors (Lipinski definition) is 1. The maximum absolute atomic E-state index is 6.23. The number of fused-ring (bicyclic) bond motifs is 1. The molecule has 0 spiro atoms. The Bertz CT molecular complexity index is 498. The minimum absolute atomic E-state index is 0.00529. The van der Waals surface area contributed by atoms with Crippen molar-refractivity contribution in [2.45, 2.75) is 39.7 Å². The topological polar surface area (TPSA) is 21.3 Å². The number of hydrogen-bond acceptors (Lipinski definition) is 2. The van der Waals surface area contributed by atoms with E-state index in [1.165, 1.54) is 11.1 Å². The number of nitrogens with one attached hydrogen (secondary N) is 1. The second kappa shape index (κ2) is 6.19. The number of halogens is 1. The first-order valence-electron chi connectivity index (χ1n) is 7.24. The third kappa shape index (κ3) is 3.56. The summed E-state index contributed by atoms with van der Waals surface area (Å²) in [6.45, 7) is 12.2. The molecule has 0 amide bonds. The molecule has 0 saturated heterocycles. The van der Waals surface area contributed by atoms with E-state index >= 15 is 0 Å². The van der Waals surface area contributed by atoms with Crippen molar-refractivity contribution >= 4 is 11.6 Å². The SMILES string of the molecule is C=CC(C)(CNC(C)C)Cc1cc(Cl)cc2c1OCC2. The first-order valence-corrected chi connectivity index (χ1v) is 7.62. The molecular formula is C17H24ClNO. The highest BCUT2D eigenvalue weighted by Crippen LogP contribution is 2.36. The Morgan fingerprint density at radius 1 is 1.50 bits per heavy atom. The van der Waals surface area contributed by atoms with Crippen LogP contribution in [0.15, 0.2) is 24.8 Å². The van der Waals surface area contributed by atoms with Gasteiger partial charge >= 0.3 is 0 Å². The summed E-state index contributed by atoms with van der Waals surface area (Å²) in [6, 6.07) is 4.52. The summed E-state index contributed by atoms with van der Waals surface area (Å²) < 4.78 is 5.79. The molecule has 0 saturated carbocycles. The van der Waals surface area contributed by atoms with Crippen molar-refractivity contribution in [2.24, 2.45) is 5.41 Å². The van der Waals surface area contributed by atoms with Gasteiger partial charge in [0, 0.05) is 29.4 Å². The lowest BCUT2D eigenvalue weighted by atomic mass is 9.82. The zero-order valence-corrected chi connectivity index (χ0v) is 13.4. The van der Waals surface area contributed by atoms with E-state index in [1.54, 1.807) is 0 Å². The van der Waals surface area contributed by atoms with Gasteiger partial charge in [0.05, 0.1) is 6.61 Å². The van der Waals surface area contributed by atoms with Crippen molar-refractivity contribution in [3.63, 3.8) is 0 Å². The molecule has 3 heteroatoms. The molecule has 0 radical (unpaired) electrons. The van der Waals surface area contributed by atoms with Gasteiger partial charge in [-0.25, -0.2) is 0 Å². The maximum atomic E-state index is 6.23. The molecule has 1 aliphatic heterocycles. The smallest absolute Gasteiger partial charge is 0.125 e. The van der Waals surface area contributed by atoms with Crippen LogP contribution in [0.4, 0.5) is 0 Å². The summed E-state index contributed by atoms with van der Waals surface area (Å²) in [7, 11) is 0. The molecule has 1 heterocycles. The van der Waals surface area contributed by atoms with Gasteiger partial charge in [-0.1, -0.05) is 38.4 Å². The fourth-order valence-electron chi connectivity index (χ4n) is 2.56. The summed E-state index contributed by atoms with van der Waals surface area (Å²) in [5.74, 6) is 1.03. The van der Waals surface area contributed by atoms with Crippen LogP contribution < -0.4 is 10.1 Å². The zero-order chi connectivity index (χ0) is 14.8. The average molecular weight is 294 g/mol. The van der Waals surface area contributed by atoms with Gasteiger partial charge in [-0.3, -0.25) is 0 Å². The van der Waals surface area contributed by atoms with Crippen LogP contribution >= 0.6 is 11.6 Å². The molecule has 0 aromatic heterocycles. The van der Waals surface area contributed by atoms with Crippen LogP contribution in [-0.2, 0) is 12.8 Å². The summed E-state index contributed by atoms with van der Waals surface area (Å²) in [5.41, 5.74) is 2.42. The lowest BCUT2D eigenvalue weighted by Gasteiger charge is -2.28. The second-order valence-electron chi connectivity index (χ2n) is 6.22. The highest BCUT2D eigenvalue weighted by Gasteiger charge is 2.26. The number of rotatable bonds is 6. The van der Waals surface area contributed by atoms with E-state index in [4.69, 9.17) is 16.3 Å². The summed E-state index contributed by atoms with van der Waals surface area (Å²) in [4.78, 5) is 0. The average Bonchev–Trinajstić information content (AvgIpc) is 2.84. The first kappa shape index (κ1) is 15.4. The van der Waals surface area contributed by atoms with E-state index in [9.17, 15) is 0 Å². The normalized spacial score (nSPS) is 16.6. The van der Waals surface area contributed by atoms with Crippen molar-refractivity contribution < 1.29 is 4.74 Å². The standard InChI is InChI=1S/C17H24ClNO/c1-5-17(4,11-19-12(2)3)10-14-9-15(18)8-13-6-7-20-16(13)14/h5,8-9,12,19H,1,6-7,10-11H2,2-4H3. The van der Waals surface area contributed by atoms with E-state index in [0.29, 0.717) is 6.04 Å². The van der Waals surface area contributed by atoms with Gasteiger partial charge in [-0.05, 0) is 29.7 Å². The van der Waals surface area contributed by atoms with Crippen LogP contribution in [0.2, 0.25) is 5.02 Å². The van der Waals surface area contributed by atoms with E-state index < -0.39 is 0 Å². The van der Waals surface area contributed by atoms with Gasteiger partial charge in [0.2, 0.25) is 0 Å². The van der Waals surface area contributed by atoms with Crippen molar-refractivity contribution in [3.8, 4) is 5.75 Å². The maximum Gasteiger partial charge on any atom is 0.125 e. The van der Waals surface area contributed by atoms with Crippen molar-refractivity contribution in [3.05, 3.63) is 40.9 Å². The van der Waals surface area contributed by atoms with Crippen LogP contribution in [-0.4, -0.2) is 19.2 Å². The van der Waals surface area contributed by atoms with Gasteiger partial charge in [-0.15, -0.1) is 6.58 Å². The Balaban J connectivity index is 2.21. The number of benzene rings is 1. The summed E-state index contributed by atoms with van der Waals surface area (Å²) >= 11 is 6.23. The Labute approximate surface area is 127 Å². The fourth-order valence-corrected chi connectivity index (χ4v) is 2.82. The molecule has 2 nitrogen and oxygen atoms in total. The van der Waals surface area contributed by atoms with Gasteiger partial charge in [0.15, 0.2) is 0 Å². The van der Waals surface area contributed by atoms with Crippen molar-refractivity contribution in [1.82, 2.24) is 5.32 Å². The fraction of sp³-hybridized carbons (Fsp3) is 0.529. The molecule has 1 aromatic rings. The van der Waals surface area contributed by atoms with Gasteiger partial charge in [0.25, 0.3) is 0 Å². The Morgan fingerprint density at radius 3 is 2.90 bits per heavy atom. The van der Waals surface area contributed by atoms with E-state index in [-0.39, 0.29) is 5.41 Å². The quantitative estimate of drug-likeness (QED) is 0.800. The van der Waals surface area contributed by atoms with Gasteiger partial charge in [0.1, 0.15) is 5.75 Å². The Kier molecular flexibility index (Phi) is 4.77. The molecule has 1 aliphatic rings. The zero-order valence-electron chi connectivity index (χ0n) is 12.6. The van der Waals surface area contributed by atoms with Crippen LogP contribution in [0.25, 0.3) is 0 Å².